The average Bonchev–Trinajstić information content (AvgIpc) is 2.37. The van der Waals surface area contributed by atoms with Gasteiger partial charge in [-0.15, -0.1) is 0 Å². The highest BCUT2D eigenvalue weighted by molar-refractivity contribution is 5.55. The Morgan fingerprint density at radius 3 is 2.83 bits per heavy atom. The van der Waals surface area contributed by atoms with E-state index in [0.717, 1.165) is 25.1 Å². The summed E-state index contributed by atoms with van der Waals surface area (Å²) in [5.74, 6) is 0.671. The summed E-state index contributed by atoms with van der Waals surface area (Å²) >= 11 is 0. The Morgan fingerprint density at radius 2 is 2.22 bits per heavy atom. The second kappa shape index (κ2) is 7.68. The molecule has 0 atom stereocenters. The van der Waals surface area contributed by atoms with Gasteiger partial charge in [0.15, 0.2) is 0 Å². The van der Waals surface area contributed by atoms with Gasteiger partial charge in [-0.05, 0) is 36.6 Å². The summed E-state index contributed by atoms with van der Waals surface area (Å²) in [6.45, 7) is 8.54. The van der Waals surface area contributed by atoms with Crippen molar-refractivity contribution in [3.8, 4) is 6.07 Å². The standard InChI is InChI=1S/C16H22N2/c1-4-14(12-18-11-13(2)3)8-15-6-5-7-16(9-15)10-17/h5-9,13,18H,4,11-12H2,1-3H3. The first-order valence-electron chi connectivity index (χ1n) is 6.56. The van der Waals surface area contributed by atoms with E-state index in [-0.39, 0.29) is 0 Å². The number of nitriles is 1. The van der Waals surface area contributed by atoms with Gasteiger partial charge in [-0.2, -0.15) is 5.26 Å². The number of nitrogens with zero attached hydrogens (tertiary/aromatic N) is 1. The van der Waals surface area contributed by atoms with E-state index in [1.807, 2.05) is 24.3 Å². The smallest absolute Gasteiger partial charge is 0.0991 e. The molecule has 0 spiro atoms. The second-order valence-electron chi connectivity index (χ2n) is 4.92. The monoisotopic (exact) mass is 242 g/mol. The molecule has 2 nitrogen and oxygen atoms in total. The minimum atomic E-state index is 0.671. The molecule has 2 heteroatoms. The first-order chi connectivity index (χ1) is 8.65. The van der Waals surface area contributed by atoms with Crippen molar-refractivity contribution in [2.75, 3.05) is 13.1 Å². The SMILES string of the molecule is CCC(=Cc1cccc(C#N)c1)CNCC(C)C. The summed E-state index contributed by atoms with van der Waals surface area (Å²) in [5, 5.41) is 12.3. The fourth-order valence-corrected chi connectivity index (χ4v) is 1.73. The van der Waals surface area contributed by atoms with Crippen LogP contribution in [0.25, 0.3) is 6.08 Å². The Bertz CT molecular complexity index is 439. The van der Waals surface area contributed by atoms with Gasteiger partial charge in [0.05, 0.1) is 11.6 Å². The van der Waals surface area contributed by atoms with Crippen LogP contribution in [0, 0.1) is 17.2 Å². The Hall–Kier alpha value is -1.59. The maximum atomic E-state index is 8.87. The summed E-state index contributed by atoms with van der Waals surface area (Å²) in [7, 11) is 0. The van der Waals surface area contributed by atoms with Crippen LogP contribution in [0.3, 0.4) is 0 Å². The molecule has 0 saturated heterocycles. The second-order valence-corrected chi connectivity index (χ2v) is 4.92. The first-order valence-corrected chi connectivity index (χ1v) is 6.56. The van der Waals surface area contributed by atoms with Crippen LogP contribution < -0.4 is 5.32 Å². The Kier molecular flexibility index (Phi) is 6.18. The lowest BCUT2D eigenvalue weighted by Gasteiger charge is -2.09. The van der Waals surface area contributed by atoms with Gasteiger partial charge in [0.1, 0.15) is 0 Å². The Labute approximate surface area is 110 Å². The fraction of sp³-hybridized carbons (Fsp3) is 0.438. The molecular formula is C16H22N2. The van der Waals surface area contributed by atoms with Gasteiger partial charge >= 0.3 is 0 Å². The highest BCUT2D eigenvalue weighted by atomic mass is 14.9. The van der Waals surface area contributed by atoms with E-state index in [1.165, 1.54) is 5.57 Å². The van der Waals surface area contributed by atoms with Crippen molar-refractivity contribution in [1.29, 1.82) is 5.26 Å². The molecule has 1 rings (SSSR count). The molecule has 96 valence electrons. The van der Waals surface area contributed by atoms with Crippen molar-refractivity contribution in [2.24, 2.45) is 5.92 Å². The van der Waals surface area contributed by atoms with Crippen molar-refractivity contribution in [3.05, 3.63) is 41.0 Å². The number of nitrogens with one attached hydrogen (secondary N) is 1. The third-order valence-corrected chi connectivity index (χ3v) is 2.75. The van der Waals surface area contributed by atoms with E-state index in [2.05, 4.69) is 38.2 Å². The maximum absolute atomic E-state index is 8.87. The predicted molar refractivity (Wildman–Crippen MR) is 77.1 cm³/mol. The molecule has 0 unspecified atom stereocenters. The lowest BCUT2D eigenvalue weighted by Crippen LogP contribution is -2.21. The van der Waals surface area contributed by atoms with Crippen molar-refractivity contribution in [3.63, 3.8) is 0 Å². The van der Waals surface area contributed by atoms with Crippen molar-refractivity contribution in [2.45, 2.75) is 27.2 Å². The summed E-state index contributed by atoms with van der Waals surface area (Å²) in [5.41, 5.74) is 3.19. The zero-order chi connectivity index (χ0) is 13.4. The number of hydrogen-bond donors (Lipinski definition) is 1. The molecule has 0 bridgehead atoms. The predicted octanol–water partition coefficient (Wildman–Crippen LogP) is 3.60. The normalized spacial score (nSPS) is 11.6. The van der Waals surface area contributed by atoms with Gasteiger partial charge in [0, 0.05) is 6.54 Å². The minimum absolute atomic E-state index is 0.671. The highest BCUT2D eigenvalue weighted by Gasteiger charge is 1.98. The van der Waals surface area contributed by atoms with Crippen molar-refractivity contribution >= 4 is 6.08 Å². The van der Waals surface area contributed by atoms with E-state index in [0.29, 0.717) is 11.5 Å². The van der Waals surface area contributed by atoms with Gasteiger partial charge in [0.25, 0.3) is 0 Å². The molecule has 1 aromatic rings. The van der Waals surface area contributed by atoms with Crippen LogP contribution in [0.4, 0.5) is 0 Å². The molecule has 1 N–H and O–H groups in total. The first kappa shape index (κ1) is 14.5. The summed E-state index contributed by atoms with van der Waals surface area (Å²) in [6, 6.07) is 9.90. The topological polar surface area (TPSA) is 35.8 Å². The van der Waals surface area contributed by atoms with Crippen molar-refractivity contribution in [1.82, 2.24) is 5.32 Å². The maximum Gasteiger partial charge on any atom is 0.0991 e. The van der Waals surface area contributed by atoms with E-state index in [1.54, 1.807) is 0 Å². The van der Waals surface area contributed by atoms with Crippen LogP contribution >= 0.6 is 0 Å². The molecule has 1 aromatic carbocycles. The lowest BCUT2D eigenvalue weighted by atomic mass is 10.1. The van der Waals surface area contributed by atoms with Crippen LogP contribution in [0.5, 0.6) is 0 Å². The van der Waals surface area contributed by atoms with Crippen LogP contribution in [0.1, 0.15) is 38.3 Å². The number of rotatable bonds is 6. The third kappa shape index (κ3) is 5.16. The lowest BCUT2D eigenvalue weighted by molar-refractivity contribution is 0.569. The summed E-state index contributed by atoms with van der Waals surface area (Å²) in [6.07, 6.45) is 3.20. The van der Waals surface area contributed by atoms with E-state index < -0.39 is 0 Å². The quantitative estimate of drug-likeness (QED) is 0.827. The van der Waals surface area contributed by atoms with E-state index >= 15 is 0 Å². The Balaban J connectivity index is 2.68. The van der Waals surface area contributed by atoms with Gasteiger partial charge in [-0.25, -0.2) is 0 Å². The molecular weight excluding hydrogens is 220 g/mol. The molecule has 0 radical (unpaired) electrons. The van der Waals surface area contributed by atoms with Gasteiger partial charge in [-0.3, -0.25) is 0 Å². The van der Waals surface area contributed by atoms with Crippen LogP contribution in [-0.4, -0.2) is 13.1 Å². The third-order valence-electron chi connectivity index (χ3n) is 2.75. The molecule has 0 saturated carbocycles. The molecule has 0 aliphatic carbocycles. The zero-order valence-electron chi connectivity index (χ0n) is 11.5. The average molecular weight is 242 g/mol. The van der Waals surface area contributed by atoms with Gasteiger partial charge in [0.2, 0.25) is 0 Å². The molecule has 0 aliphatic heterocycles. The molecule has 0 amide bonds. The highest BCUT2D eigenvalue weighted by Crippen LogP contribution is 2.11. The molecule has 0 heterocycles. The van der Waals surface area contributed by atoms with Gasteiger partial charge in [-0.1, -0.05) is 44.6 Å². The minimum Gasteiger partial charge on any atom is -0.313 e. The zero-order valence-corrected chi connectivity index (χ0v) is 11.5. The van der Waals surface area contributed by atoms with Gasteiger partial charge < -0.3 is 5.32 Å². The Morgan fingerprint density at radius 1 is 1.44 bits per heavy atom. The van der Waals surface area contributed by atoms with Crippen LogP contribution in [-0.2, 0) is 0 Å². The number of hydrogen-bond acceptors (Lipinski definition) is 2. The van der Waals surface area contributed by atoms with Crippen LogP contribution in [0.2, 0.25) is 0 Å². The molecule has 0 aromatic heterocycles. The molecule has 18 heavy (non-hydrogen) atoms. The molecule has 0 fully saturated rings. The van der Waals surface area contributed by atoms with E-state index in [4.69, 9.17) is 5.26 Å². The summed E-state index contributed by atoms with van der Waals surface area (Å²) < 4.78 is 0. The van der Waals surface area contributed by atoms with E-state index in [9.17, 15) is 0 Å². The number of benzene rings is 1. The van der Waals surface area contributed by atoms with Crippen molar-refractivity contribution < 1.29 is 0 Å². The van der Waals surface area contributed by atoms with Crippen LogP contribution in [0.15, 0.2) is 29.8 Å². The fourth-order valence-electron chi connectivity index (χ4n) is 1.73. The molecule has 0 aliphatic rings. The summed E-state index contributed by atoms with van der Waals surface area (Å²) in [4.78, 5) is 0. The largest absolute Gasteiger partial charge is 0.313 e.